The second-order valence-corrected chi connectivity index (χ2v) is 5.46. The number of likely N-dealkylation sites (tertiary alicyclic amines) is 1. The van der Waals surface area contributed by atoms with Gasteiger partial charge in [-0.3, -0.25) is 9.59 Å². The quantitative estimate of drug-likeness (QED) is 0.707. The summed E-state index contributed by atoms with van der Waals surface area (Å²) in [5, 5.41) is 9.13. The number of nitrogens with zero attached hydrogens (tertiary/aromatic N) is 1. The lowest BCUT2D eigenvalue weighted by Crippen LogP contribution is -2.52. The Morgan fingerprint density at radius 1 is 1.47 bits per heavy atom. The number of carbonyl (C=O) groups is 3. The first kappa shape index (κ1) is 15.6. The maximum absolute atomic E-state index is 11.6. The van der Waals surface area contributed by atoms with Gasteiger partial charge < -0.3 is 15.7 Å². The molecule has 0 saturated carbocycles. The summed E-state index contributed by atoms with van der Waals surface area (Å²) in [5.74, 6) is -1.90. The molecule has 7 heteroatoms. The van der Waals surface area contributed by atoms with E-state index < -0.39 is 23.3 Å². The maximum Gasteiger partial charge on any atom is 0.326 e. The van der Waals surface area contributed by atoms with Crippen molar-refractivity contribution in [2.75, 3.05) is 6.54 Å². The van der Waals surface area contributed by atoms with E-state index in [9.17, 15) is 14.4 Å². The molecule has 6 nitrogen and oxygen atoms in total. The first-order valence-electron chi connectivity index (χ1n) is 6.03. The van der Waals surface area contributed by atoms with Crippen LogP contribution in [0.15, 0.2) is 0 Å². The molecular weight excluding hydrogens is 268 g/mol. The monoisotopic (exact) mass is 286 g/mol. The van der Waals surface area contributed by atoms with E-state index in [1.165, 1.54) is 18.7 Å². The van der Waals surface area contributed by atoms with E-state index in [2.05, 4.69) is 0 Å². The normalized spacial score (nSPS) is 21.8. The standard InChI is InChI=1S/C12H18N2O4S/c1-7(15)6-12(2,10(13)18)11(19)14-5-3-4-8(14)9(16)17/h8H,3-6H2,1-2H3,(H2,13,18)(H,16,17)/t8-,12?/m0/s1. The van der Waals surface area contributed by atoms with Crippen molar-refractivity contribution in [3.05, 3.63) is 0 Å². The molecule has 1 heterocycles. The molecular formula is C12H18N2O4S. The van der Waals surface area contributed by atoms with E-state index in [4.69, 9.17) is 23.1 Å². The van der Waals surface area contributed by atoms with Gasteiger partial charge in [0.25, 0.3) is 0 Å². The van der Waals surface area contributed by atoms with Crippen LogP contribution in [0.2, 0.25) is 0 Å². The third kappa shape index (κ3) is 3.09. The van der Waals surface area contributed by atoms with Crippen molar-refractivity contribution in [1.82, 2.24) is 4.90 Å². The summed E-state index contributed by atoms with van der Waals surface area (Å²) < 4.78 is 0. The highest BCUT2D eigenvalue weighted by atomic mass is 32.1. The number of aliphatic carboxylic acids is 1. The van der Waals surface area contributed by atoms with Crippen molar-refractivity contribution in [2.45, 2.75) is 39.2 Å². The van der Waals surface area contributed by atoms with Gasteiger partial charge >= 0.3 is 5.97 Å². The number of hydrogen-bond donors (Lipinski definition) is 2. The number of carboxylic acids is 1. The number of nitrogens with two attached hydrogens (primary N) is 1. The van der Waals surface area contributed by atoms with Crippen LogP contribution in [-0.2, 0) is 14.4 Å². The van der Waals surface area contributed by atoms with E-state index in [0.717, 1.165) is 0 Å². The second-order valence-electron chi connectivity index (χ2n) is 5.07. The van der Waals surface area contributed by atoms with E-state index >= 15 is 0 Å². The van der Waals surface area contributed by atoms with Gasteiger partial charge in [-0.15, -0.1) is 0 Å². The highest BCUT2D eigenvalue weighted by Crippen LogP contribution is 2.30. The molecule has 0 aliphatic carbocycles. The molecule has 1 saturated heterocycles. The number of carbonyl (C=O) groups excluding carboxylic acids is 2. The average Bonchev–Trinajstić information content (AvgIpc) is 2.75. The fraction of sp³-hybridized carbons (Fsp3) is 0.667. The number of carboxylic acid groups (broad SMARTS) is 1. The molecule has 1 aliphatic rings. The van der Waals surface area contributed by atoms with Crippen molar-refractivity contribution >= 4 is 34.9 Å². The number of rotatable bonds is 5. The molecule has 1 fully saturated rings. The van der Waals surface area contributed by atoms with Gasteiger partial charge in [0.05, 0.1) is 4.99 Å². The molecule has 0 bridgehead atoms. The van der Waals surface area contributed by atoms with Crippen LogP contribution in [0.25, 0.3) is 0 Å². The fourth-order valence-corrected chi connectivity index (χ4v) is 2.74. The first-order chi connectivity index (χ1) is 8.70. The van der Waals surface area contributed by atoms with Crippen LogP contribution in [0.5, 0.6) is 0 Å². The lowest BCUT2D eigenvalue weighted by molar-refractivity contribution is -0.141. The number of primary amides is 1. The summed E-state index contributed by atoms with van der Waals surface area (Å²) in [4.78, 5) is 35.7. The fourth-order valence-electron chi connectivity index (χ4n) is 2.35. The Kier molecular flexibility index (Phi) is 4.62. The average molecular weight is 286 g/mol. The highest BCUT2D eigenvalue weighted by Gasteiger charge is 2.44. The molecule has 1 aliphatic heterocycles. The summed E-state index contributed by atoms with van der Waals surface area (Å²) in [5.41, 5.74) is 4.05. The Hall–Kier alpha value is -1.50. The largest absolute Gasteiger partial charge is 0.480 e. The van der Waals surface area contributed by atoms with E-state index in [1.807, 2.05) is 0 Å². The molecule has 3 N–H and O–H groups in total. The van der Waals surface area contributed by atoms with Gasteiger partial charge in [0.1, 0.15) is 17.2 Å². The summed E-state index contributed by atoms with van der Waals surface area (Å²) in [6, 6.07) is -0.738. The van der Waals surface area contributed by atoms with Crippen molar-refractivity contribution in [1.29, 1.82) is 0 Å². The molecule has 106 valence electrons. The van der Waals surface area contributed by atoms with E-state index in [-0.39, 0.29) is 17.2 Å². The van der Waals surface area contributed by atoms with Crippen LogP contribution in [0.4, 0.5) is 0 Å². The van der Waals surface area contributed by atoms with Crippen LogP contribution in [-0.4, -0.2) is 45.2 Å². The molecule has 0 aromatic rings. The van der Waals surface area contributed by atoms with Gasteiger partial charge in [0.2, 0.25) is 5.91 Å². The second kappa shape index (κ2) is 5.64. The minimum atomic E-state index is -1.31. The number of ketones is 1. The zero-order chi connectivity index (χ0) is 14.8. The summed E-state index contributed by atoms with van der Waals surface area (Å²) >= 11 is 5.25. The zero-order valence-corrected chi connectivity index (χ0v) is 11.8. The van der Waals surface area contributed by atoms with Crippen molar-refractivity contribution < 1.29 is 19.5 Å². The summed E-state index contributed by atoms with van der Waals surface area (Å²) in [7, 11) is 0. The number of hydrogen-bond acceptors (Lipinski definition) is 4. The molecule has 1 rings (SSSR count). The molecule has 0 radical (unpaired) electrons. The van der Waals surface area contributed by atoms with Gasteiger partial charge in [0, 0.05) is 13.0 Å². The van der Waals surface area contributed by atoms with Crippen molar-refractivity contribution in [3.8, 4) is 0 Å². The summed E-state index contributed by atoms with van der Waals surface area (Å²) in [6.45, 7) is 3.31. The number of Topliss-reactive ketones (excluding diaryl/α,β-unsaturated/α-hetero) is 1. The Morgan fingerprint density at radius 3 is 2.47 bits per heavy atom. The SMILES string of the molecule is CC(=O)CC(C)(C(N)=O)C(=S)N1CCC[C@H]1C(=O)O. The van der Waals surface area contributed by atoms with Crippen LogP contribution < -0.4 is 5.73 Å². The number of amides is 1. The van der Waals surface area contributed by atoms with Gasteiger partial charge in [-0.2, -0.15) is 0 Å². The molecule has 0 spiro atoms. The topological polar surface area (TPSA) is 101 Å². The van der Waals surface area contributed by atoms with Crippen LogP contribution in [0, 0.1) is 5.41 Å². The third-order valence-electron chi connectivity index (χ3n) is 3.42. The van der Waals surface area contributed by atoms with Gasteiger partial charge in [0.15, 0.2) is 0 Å². The van der Waals surface area contributed by atoms with Gasteiger partial charge in [-0.1, -0.05) is 12.2 Å². The first-order valence-corrected chi connectivity index (χ1v) is 6.44. The Labute approximate surface area is 116 Å². The molecule has 19 heavy (non-hydrogen) atoms. The number of thiocarbonyl (C=S) groups is 1. The third-order valence-corrected chi connectivity index (χ3v) is 4.10. The van der Waals surface area contributed by atoms with Crippen LogP contribution in [0.3, 0.4) is 0 Å². The zero-order valence-electron chi connectivity index (χ0n) is 11.0. The van der Waals surface area contributed by atoms with E-state index in [1.54, 1.807) is 0 Å². The van der Waals surface area contributed by atoms with Gasteiger partial charge in [-0.05, 0) is 26.7 Å². The lowest BCUT2D eigenvalue weighted by Gasteiger charge is -2.34. The summed E-state index contributed by atoms with van der Waals surface area (Å²) in [6.07, 6.45) is 1.06. The lowest BCUT2D eigenvalue weighted by atomic mass is 9.83. The molecule has 2 atom stereocenters. The highest BCUT2D eigenvalue weighted by molar-refractivity contribution is 7.80. The van der Waals surface area contributed by atoms with Crippen molar-refractivity contribution in [3.63, 3.8) is 0 Å². The molecule has 0 aromatic heterocycles. The minimum absolute atomic E-state index is 0.107. The Morgan fingerprint density at radius 2 is 2.05 bits per heavy atom. The van der Waals surface area contributed by atoms with Gasteiger partial charge in [-0.25, -0.2) is 4.79 Å². The van der Waals surface area contributed by atoms with Crippen LogP contribution in [0.1, 0.15) is 33.1 Å². The maximum atomic E-state index is 11.6. The predicted molar refractivity (Wildman–Crippen MR) is 72.6 cm³/mol. The smallest absolute Gasteiger partial charge is 0.326 e. The molecule has 1 unspecified atom stereocenters. The molecule has 0 aromatic carbocycles. The minimum Gasteiger partial charge on any atom is -0.480 e. The van der Waals surface area contributed by atoms with Crippen molar-refractivity contribution in [2.24, 2.45) is 11.1 Å². The predicted octanol–water partition coefficient (Wildman–Crippen LogP) is 0.334. The van der Waals surface area contributed by atoms with Crippen LogP contribution >= 0.6 is 12.2 Å². The molecule has 1 amide bonds. The Bertz CT molecular complexity index is 437. The van der Waals surface area contributed by atoms with E-state index in [0.29, 0.717) is 19.4 Å². The Balaban J connectivity index is 3.03.